The van der Waals surface area contributed by atoms with E-state index >= 15 is 0 Å². The van der Waals surface area contributed by atoms with Gasteiger partial charge >= 0.3 is 0 Å². The molecule has 2 amide bonds. The van der Waals surface area contributed by atoms with Gasteiger partial charge in [0.2, 0.25) is 11.8 Å². The molecule has 0 saturated heterocycles. The van der Waals surface area contributed by atoms with Crippen LogP contribution >= 0.6 is 11.8 Å². The van der Waals surface area contributed by atoms with Gasteiger partial charge in [-0.2, -0.15) is 0 Å². The molecule has 1 aliphatic heterocycles. The van der Waals surface area contributed by atoms with E-state index < -0.39 is 0 Å². The summed E-state index contributed by atoms with van der Waals surface area (Å²) in [4.78, 5) is 29.4. The van der Waals surface area contributed by atoms with Gasteiger partial charge in [0.25, 0.3) is 0 Å². The van der Waals surface area contributed by atoms with Crippen molar-refractivity contribution < 1.29 is 9.59 Å². The molecular weight excluding hydrogens is 420 g/mol. The van der Waals surface area contributed by atoms with Gasteiger partial charge in [0.05, 0.1) is 22.2 Å². The van der Waals surface area contributed by atoms with Gasteiger partial charge in [-0.15, -0.1) is 0 Å². The van der Waals surface area contributed by atoms with Crippen molar-refractivity contribution >= 4 is 29.3 Å². The minimum absolute atomic E-state index is 0.0207. The van der Waals surface area contributed by atoms with Crippen molar-refractivity contribution in [2.75, 3.05) is 37.3 Å². The summed E-state index contributed by atoms with van der Waals surface area (Å²) in [7, 11) is 2.08. The van der Waals surface area contributed by atoms with Gasteiger partial charge in [0.15, 0.2) is 0 Å². The van der Waals surface area contributed by atoms with Crippen LogP contribution in [-0.2, 0) is 16.1 Å². The fourth-order valence-electron chi connectivity index (χ4n) is 3.85. The number of thioether (sulfide) groups is 1. The van der Waals surface area contributed by atoms with Crippen LogP contribution in [0.3, 0.4) is 0 Å². The zero-order valence-electron chi connectivity index (χ0n) is 18.2. The molecule has 0 atom stereocenters. The van der Waals surface area contributed by atoms with Gasteiger partial charge < -0.3 is 19.7 Å². The molecule has 1 aliphatic rings. The summed E-state index contributed by atoms with van der Waals surface area (Å²) in [5.41, 5.74) is 2.94. The number of fused-ring (bicyclic) bond motifs is 3. The molecule has 2 heterocycles. The van der Waals surface area contributed by atoms with E-state index in [0.717, 1.165) is 35.9 Å². The highest BCUT2D eigenvalue weighted by Crippen LogP contribution is 2.32. The molecule has 6 nitrogen and oxygen atoms in total. The minimum atomic E-state index is -0.142. The van der Waals surface area contributed by atoms with Gasteiger partial charge in [0, 0.05) is 19.3 Å². The number of benzene rings is 2. The van der Waals surface area contributed by atoms with Crippen LogP contribution in [0.5, 0.6) is 0 Å². The van der Waals surface area contributed by atoms with E-state index in [1.165, 1.54) is 17.3 Å². The van der Waals surface area contributed by atoms with Crippen molar-refractivity contribution in [2.24, 2.45) is 0 Å². The fourth-order valence-corrected chi connectivity index (χ4v) is 4.75. The third kappa shape index (κ3) is 5.41. The second-order valence-electron chi connectivity index (χ2n) is 7.90. The van der Waals surface area contributed by atoms with Crippen molar-refractivity contribution in [1.29, 1.82) is 0 Å². The Hall–Kier alpha value is -3.03. The SMILES string of the molecule is CN(CCCNC(=O)CN1C(=O)CSc2cccn2-c2ccccc21)Cc1ccccc1. The Bertz CT molecular complexity index is 1070. The average Bonchev–Trinajstić information content (AvgIpc) is 3.27. The lowest BCUT2D eigenvalue weighted by molar-refractivity contribution is -0.122. The van der Waals surface area contributed by atoms with E-state index in [9.17, 15) is 9.59 Å². The summed E-state index contributed by atoms with van der Waals surface area (Å²) in [5, 5.41) is 4.00. The van der Waals surface area contributed by atoms with E-state index in [1.807, 2.05) is 60.8 Å². The van der Waals surface area contributed by atoms with Crippen molar-refractivity contribution in [1.82, 2.24) is 14.8 Å². The Morgan fingerprint density at radius 2 is 1.78 bits per heavy atom. The van der Waals surface area contributed by atoms with E-state index in [1.54, 1.807) is 4.90 Å². The summed E-state index contributed by atoms with van der Waals surface area (Å²) in [6.45, 7) is 2.37. The molecule has 0 unspecified atom stereocenters. The van der Waals surface area contributed by atoms with Crippen molar-refractivity contribution in [3.63, 3.8) is 0 Å². The zero-order chi connectivity index (χ0) is 22.3. The predicted molar refractivity (Wildman–Crippen MR) is 129 cm³/mol. The molecule has 0 aliphatic carbocycles. The average molecular weight is 449 g/mol. The lowest BCUT2D eigenvalue weighted by atomic mass is 10.2. The first kappa shape index (κ1) is 22.2. The number of carbonyl (C=O) groups is 2. The second-order valence-corrected chi connectivity index (χ2v) is 8.90. The van der Waals surface area contributed by atoms with Crippen molar-refractivity contribution in [3.8, 4) is 5.69 Å². The highest BCUT2D eigenvalue weighted by Gasteiger charge is 2.25. The normalized spacial score (nSPS) is 13.3. The predicted octanol–water partition coefficient (Wildman–Crippen LogP) is 3.55. The van der Waals surface area contributed by atoms with Crippen LogP contribution < -0.4 is 10.2 Å². The summed E-state index contributed by atoms with van der Waals surface area (Å²) < 4.78 is 2.07. The molecule has 7 heteroatoms. The number of nitrogens with one attached hydrogen (secondary N) is 1. The molecule has 32 heavy (non-hydrogen) atoms. The first-order valence-electron chi connectivity index (χ1n) is 10.8. The summed E-state index contributed by atoms with van der Waals surface area (Å²) >= 11 is 1.49. The van der Waals surface area contributed by atoms with Gasteiger partial charge in [-0.3, -0.25) is 9.59 Å². The molecule has 0 saturated carbocycles. The number of nitrogens with zero attached hydrogens (tertiary/aromatic N) is 3. The Labute approximate surface area is 193 Å². The highest BCUT2D eigenvalue weighted by atomic mass is 32.2. The molecule has 0 radical (unpaired) electrons. The molecular formula is C25H28N4O2S. The van der Waals surface area contributed by atoms with Crippen LogP contribution in [0.4, 0.5) is 5.69 Å². The van der Waals surface area contributed by atoms with Crippen molar-refractivity contribution in [2.45, 2.75) is 18.0 Å². The number of anilines is 1. The number of rotatable bonds is 8. The van der Waals surface area contributed by atoms with Crippen LogP contribution in [-0.4, -0.2) is 53.7 Å². The molecule has 1 N–H and O–H groups in total. The minimum Gasteiger partial charge on any atom is -0.355 e. The van der Waals surface area contributed by atoms with Crippen molar-refractivity contribution in [3.05, 3.63) is 78.5 Å². The molecule has 0 fully saturated rings. The zero-order valence-corrected chi connectivity index (χ0v) is 19.1. The molecule has 166 valence electrons. The van der Waals surface area contributed by atoms with E-state index in [2.05, 4.69) is 34.0 Å². The maximum atomic E-state index is 12.9. The number of para-hydroxylation sites is 2. The smallest absolute Gasteiger partial charge is 0.240 e. The number of hydrogen-bond acceptors (Lipinski definition) is 4. The van der Waals surface area contributed by atoms with Gasteiger partial charge in [-0.25, -0.2) is 0 Å². The standard InChI is InChI=1S/C25H28N4O2S/c1-27(17-20-9-3-2-4-10-20)15-8-14-26-23(30)18-29-22-12-6-5-11-21(22)28-16-7-13-25(28)32-19-24(29)31/h2-7,9-13,16H,8,14-15,17-19H2,1H3,(H,26,30). The molecule has 3 aromatic rings. The first-order valence-corrected chi connectivity index (χ1v) is 11.8. The van der Waals surface area contributed by atoms with Gasteiger partial charge in [-0.1, -0.05) is 54.2 Å². The van der Waals surface area contributed by atoms with Gasteiger partial charge in [-0.05, 0) is 49.8 Å². The van der Waals surface area contributed by atoms with E-state index in [4.69, 9.17) is 0 Å². The summed E-state index contributed by atoms with van der Waals surface area (Å²) in [6, 6.07) is 22.0. The van der Waals surface area contributed by atoms with E-state index in [0.29, 0.717) is 12.3 Å². The number of hydrogen-bond donors (Lipinski definition) is 1. The molecule has 0 spiro atoms. The Balaban J connectivity index is 1.32. The highest BCUT2D eigenvalue weighted by molar-refractivity contribution is 7.99. The van der Waals surface area contributed by atoms with Crippen LogP contribution in [0, 0.1) is 0 Å². The third-order valence-corrected chi connectivity index (χ3v) is 6.44. The number of carbonyl (C=O) groups excluding carboxylic acids is 2. The van der Waals surface area contributed by atoms with Crippen LogP contribution in [0.1, 0.15) is 12.0 Å². The number of aromatic nitrogens is 1. The first-order chi connectivity index (χ1) is 15.6. The quantitative estimate of drug-likeness (QED) is 0.536. The molecule has 4 rings (SSSR count). The fraction of sp³-hybridized carbons (Fsp3) is 0.280. The third-order valence-electron chi connectivity index (χ3n) is 5.42. The van der Waals surface area contributed by atoms with E-state index in [-0.39, 0.29) is 18.4 Å². The molecule has 1 aromatic heterocycles. The molecule has 2 aromatic carbocycles. The lowest BCUT2D eigenvalue weighted by Gasteiger charge is -2.27. The topological polar surface area (TPSA) is 57.6 Å². The largest absolute Gasteiger partial charge is 0.355 e. The summed E-state index contributed by atoms with van der Waals surface area (Å²) in [5.74, 6) is 0.0976. The number of amides is 2. The van der Waals surface area contributed by atoms with Crippen LogP contribution in [0.15, 0.2) is 78.0 Å². The summed E-state index contributed by atoms with van der Waals surface area (Å²) in [6.07, 6.45) is 2.84. The maximum absolute atomic E-state index is 12.9. The monoisotopic (exact) mass is 448 g/mol. The molecule has 0 bridgehead atoms. The lowest BCUT2D eigenvalue weighted by Crippen LogP contribution is -2.43. The van der Waals surface area contributed by atoms with Gasteiger partial charge in [0.1, 0.15) is 6.54 Å². The van der Waals surface area contributed by atoms with Crippen LogP contribution in [0.2, 0.25) is 0 Å². The Morgan fingerprint density at radius 3 is 2.59 bits per heavy atom. The second kappa shape index (κ2) is 10.5. The van der Waals surface area contributed by atoms with Crippen LogP contribution in [0.25, 0.3) is 5.69 Å². The maximum Gasteiger partial charge on any atom is 0.240 e. The Morgan fingerprint density at radius 1 is 1.03 bits per heavy atom. The Kier molecular flexibility index (Phi) is 7.29.